The van der Waals surface area contributed by atoms with Crippen LogP contribution in [0.3, 0.4) is 0 Å². The fourth-order valence-corrected chi connectivity index (χ4v) is 4.14. The molecule has 2 radical (unpaired) electrons. The molecule has 0 aliphatic carbocycles. The third-order valence-corrected chi connectivity index (χ3v) is 5.70. The van der Waals surface area contributed by atoms with Crippen molar-refractivity contribution in [3.8, 4) is 22.9 Å². The Labute approximate surface area is 232 Å². The topological polar surface area (TPSA) is 82.6 Å². The van der Waals surface area contributed by atoms with Crippen LogP contribution in [0.1, 0.15) is 41.1 Å². The number of benzene rings is 2. The van der Waals surface area contributed by atoms with Crippen LogP contribution in [-0.2, 0) is 16.1 Å². The smallest absolute Gasteiger partial charge is 0.389 e. The van der Waals surface area contributed by atoms with Gasteiger partial charge in [-0.3, -0.25) is 4.79 Å². The van der Waals surface area contributed by atoms with Crippen LogP contribution in [0.25, 0.3) is 11.1 Å². The third kappa shape index (κ3) is 6.20. The minimum atomic E-state index is -2.97. The first-order valence-corrected chi connectivity index (χ1v) is 10.8. The predicted octanol–water partition coefficient (Wildman–Crippen LogP) is 4.90. The van der Waals surface area contributed by atoms with Gasteiger partial charge in [0.25, 0.3) is 0 Å². The molecule has 0 saturated carbocycles. The van der Waals surface area contributed by atoms with E-state index in [0.717, 1.165) is 33.5 Å². The zero-order valence-corrected chi connectivity index (χ0v) is 22.2. The average Bonchev–Trinajstić information content (AvgIpc) is 3.14. The number of esters is 1. The number of aryl methyl sites for hydroxylation is 2. The second-order valence-electron chi connectivity index (χ2n) is 8.04. The van der Waals surface area contributed by atoms with Gasteiger partial charge in [0.1, 0.15) is 12.4 Å². The van der Waals surface area contributed by atoms with Gasteiger partial charge in [-0.15, -0.1) is 0 Å². The number of halogens is 2. The summed E-state index contributed by atoms with van der Waals surface area (Å²) in [6.45, 7) is 4.77. The van der Waals surface area contributed by atoms with E-state index in [4.69, 9.17) is 9.47 Å². The van der Waals surface area contributed by atoms with Crippen molar-refractivity contribution in [1.29, 1.82) is 0 Å². The molecule has 7 nitrogen and oxygen atoms in total. The van der Waals surface area contributed by atoms with Crippen LogP contribution in [0, 0.1) is 20.8 Å². The molecule has 0 spiro atoms. The van der Waals surface area contributed by atoms with E-state index in [0.29, 0.717) is 30.3 Å². The molecule has 10 heteroatoms. The molecule has 2 heterocycles. The van der Waals surface area contributed by atoms with Crippen molar-refractivity contribution in [2.75, 3.05) is 11.9 Å². The Morgan fingerprint density at radius 2 is 1.89 bits per heavy atom. The monoisotopic (exact) mass is 509 g/mol. The van der Waals surface area contributed by atoms with Gasteiger partial charge >= 0.3 is 18.6 Å². The number of anilines is 1. The Hall–Kier alpha value is -2.49. The molecule has 3 aromatic rings. The number of fused-ring (bicyclic) bond motifs is 1. The van der Waals surface area contributed by atoms with Gasteiger partial charge < -0.3 is 19.5 Å². The van der Waals surface area contributed by atoms with E-state index in [1.165, 1.54) is 6.92 Å². The molecule has 0 amide bonds. The summed E-state index contributed by atoms with van der Waals surface area (Å²) >= 11 is 0. The van der Waals surface area contributed by atoms with Crippen molar-refractivity contribution in [3.63, 3.8) is 0 Å². The summed E-state index contributed by atoms with van der Waals surface area (Å²) in [4.78, 5) is 19.5. The maximum Gasteiger partial charge on any atom is 0.389 e. The van der Waals surface area contributed by atoms with Crippen LogP contribution < -0.4 is 14.8 Å². The van der Waals surface area contributed by atoms with Gasteiger partial charge in [-0.1, -0.05) is 18.2 Å². The molecule has 0 unspecified atom stereocenters. The molecule has 2 aromatic carbocycles. The molecule has 1 aliphatic rings. The third-order valence-electron chi connectivity index (χ3n) is 5.70. The summed E-state index contributed by atoms with van der Waals surface area (Å²) in [6.07, 6.45) is -0.383. The van der Waals surface area contributed by atoms with E-state index < -0.39 is 6.61 Å². The van der Waals surface area contributed by atoms with Crippen LogP contribution in [0.15, 0.2) is 36.4 Å². The molecule has 0 bridgehead atoms. The molecular weight excluding hydrogens is 484 g/mol. The van der Waals surface area contributed by atoms with Crippen molar-refractivity contribution in [2.45, 2.75) is 47.0 Å². The number of hydrogen-bond donors (Lipinski definition) is 1. The molecule has 1 aromatic heterocycles. The van der Waals surface area contributed by atoms with Crippen LogP contribution in [0.5, 0.6) is 11.8 Å². The van der Waals surface area contributed by atoms with Gasteiger partial charge in [0.2, 0.25) is 0 Å². The maximum atomic E-state index is 12.6. The Balaban J connectivity index is 0.00000342. The molecule has 1 aliphatic heterocycles. The first-order chi connectivity index (χ1) is 16.2. The Kier molecular flexibility index (Phi) is 8.90. The SMILES string of the molecule is CC(=O)O[C@@H]1COc2cc(NCc3cccc(-c4c(C)nc(OC(F)F)nc4C)c3C)ccc21.[Ca]. The van der Waals surface area contributed by atoms with Gasteiger partial charge in [0.05, 0.1) is 11.4 Å². The number of carbonyl (C=O) groups excluding carboxylic acids is 1. The Morgan fingerprint density at radius 1 is 1.17 bits per heavy atom. The first-order valence-electron chi connectivity index (χ1n) is 10.8. The summed E-state index contributed by atoms with van der Waals surface area (Å²) in [5, 5.41) is 3.40. The van der Waals surface area contributed by atoms with Crippen LogP contribution in [0.2, 0.25) is 0 Å². The van der Waals surface area contributed by atoms with Crippen LogP contribution in [-0.4, -0.2) is 66.9 Å². The zero-order valence-electron chi connectivity index (χ0n) is 20.0. The molecule has 4 rings (SSSR count). The van der Waals surface area contributed by atoms with E-state index in [2.05, 4.69) is 20.0 Å². The van der Waals surface area contributed by atoms with Gasteiger partial charge in [0.15, 0.2) is 6.10 Å². The summed E-state index contributed by atoms with van der Waals surface area (Å²) in [7, 11) is 0. The zero-order chi connectivity index (χ0) is 24.4. The van der Waals surface area contributed by atoms with Gasteiger partial charge in [0, 0.05) is 74.1 Å². The van der Waals surface area contributed by atoms with Gasteiger partial charge in [-0.25, -0.2) is 0 Å². The Morgan fingerprint density at radius 3 is 2.54 bits per heavy atom. The number of alkyl halides is 2. The largest absolute Gasteiger partial charge is 0.489 e. The first kappa shape index (κ1) is 27.1. The van der Waals surface area contributed by atoms with E-state index in [1.807, 2.05) is 43.3 Å². The van der Waals surface area contributed by atoms with E-state index in [1.54, 1.807) is 13.8 Å². The molecular formula is C25H25CaF2N3O4. The Bertz CT molecular complexity index is 1220. The quantitative estimate of drug-likeness (QED) is 0.358. The van der Waals surface area contributed by atoms with Crippen LogP contribution in [0.4, 0.5) is 14.5 Å². The minimum Gasteiger partial charge on any atom is -0.489 e. The molecule has 35 heavy (non-hydrogen) atoms. The summed E-state index contributed by atoms with van der Waals surface area (Å²) in [5.41, 5.74) is 6.66. The standard InChI is InChI=1S/C25H25F2N3O4.Ca/c1-13-17(11-28-18-8-9-20-21(10-18)32-12-22(20)33-16(4)31)6-5-7-19(13)23-14(2)29-25(30-15(23)3)34-24(26)27;/h5-10,22,24,28H,11-12H2,1-4H3;/t22-;/m1./s1. The molecule has 1 N–H and O–H groups in total. The van der Waals surface area contributed by atoms with Crippen molar-refractivity contribution in [3.05, 3.63) is 64.5 Å². The number of aromatic nitrogens is 2. The number of carbonyl (C=O) groups is 1. The molecule has 0 fully saturated rings. The molecule has 1 atom stereocenters. The molecule has 0 saturated heterocycles. The normalized spacial score (nSPS) is 14.1. The summed E-state index contributed by atoms with van der Waals surface area (Å²) in [6, 6.07) is 11.3. The van der Waals surface area contributed by atoms with Crippen molar-refractivity contribution in [2.24, 2.45) is 0 Å². The number of hydrogen-bond acceptors (Lipinski definition) is 7. The second-order valence-corrected chi connectivity index (χ2v) is 8.04. The number of ether oxygens (including phenoxy) is 3. The average molecular weight is 510 g/mol. The van der Waals surface area contributed by atoms with E-state index >= 15 is 0 Å². The van der Waals surface area contributed by atoms with E-state index in [-0.39, 0.29) is 55.8 Å². The van der Waals surface area contributed by atoms with Gasteiger partial charge in [-0.05, 0) is 49.6 Å². The summed E-state index contributed by atoms with van der Waals surface area (Å²) in [5.74, 6) is 0.349. The fraction of sp³-hybridized carbons (Fsp3) is 0.320. The van der Waals surface area contributed by atoms with Crippen molar-refractivity contribution < 1.29 is 27.8 Å². The van der Waals surface area contributed by atoms with E-state index in [9.17, 15) is 13.6 Å². The molecule has 180 valence electrons. The maximum absolute atomic E-state index is 12.6. The predicted molar refractivity (Wildman–Crippen MR) is 128 cm³/mol. The van der Waals surface area contributed by atoms with Crippen molar-refractivity contribution >= 4 is 49.4 Å². The van der Waals surface area contributed by atoms with Gasteiger partial charge in [-0.2, -0.15) is 18.7 Å². The second kappa shape index (κ2) is 11.5. The number of nitrogens with one attached hydrogen (secondary N) is 1. The summed E-state index contributed by atoms with van der Waals surface area (Å²) < 4.78 is 40.4. The fourth-order valence-electron chi connectivity index (χ4n) is 4.14. The minimum absolute atomic E-state index is 0. The number of nitrogens with zero attached hydrogens (tertiary/aromatic N) is 2. The van der Waals surface area contributed by atoms with Crippen molar-refractivity contribution in [1.82, 2.24) is 9.97 Å². The number of rotatable bonds is 7. The van der Waals surface area contributed by atoms with Crippen LogP contribution >= 0.6 is 0 Å².